The van der Waals surface area contributed by atoms with Crippen LogP contribution in [0, 0.1) is 17.0 Å². The Kier molecular flexibility index (Phi) is 4.92. The minimum atomic E-state index is -0.504. The first-order valence-electron chi connectivity index (χ1n) is 6.64. The Morgan fingerprint density at radius 1 is 1.23 bits per heavy atom. The van der Waals surface area contributed by atoms with Crippen molar-refractivity contribution in [3.05, 3.63) is 73.7 Å². The number of carbonyl (C=O) groups is 1. The highest BCUT2D eigenvalue weighted by Gasteiger charge is 2.24. The molecule has 0 radical (unpaired) electrons. The van der Waals surface area contributed by atoms with E-state index in [1.165, 1.54) is 11.0 Å². The molecule has 0 saturated heterocycles. The van der Waals surface area contributed by atoms with Gasteiger partial charge in [-0.05, 0) is 30.7 Å². The summed E-state index contributed by atoms with van der Waals surface area (Å²) in [4.78, 5) is 24.7. The maximum absolute atomic E-state index is 12.5. The van der Waals surface area contributed by atoms with E-state index in [0.717, 1.165) is 10.0 Å². The third-order valence-electron chi connectivity index (χ3n) is 3.33. The fraction of sp³-hybridized carbons (Fsp3) is 0.188. The Labute approximate surface area is 136 Å². The zero-order valence-electron chi connectivity index (χ0n) is 12.2. The molecule has 22 heavy (non-hydrogen) atoms. The normalized spacial score (nSPS) is 10.3. The highest BCUT2D eigenvalue weighted by atomic mass is 79.9. The largest absolute Gasteiger partial charge is 0.337 e. The topological polar surface area (TPSA) is 63.5 Å². The lowest BCUT2D eigenvalue weighted by Crippen LogP contribution is -2.27. The molecule has 0 aliphatic rings. The van der Waals surface area contributed by atoms with Gasteiger partial charge in [0.05, 0.1) is 4.92 Å². The van der Waals surface area contributed by atoms with Gasteiger partial charge in [0.2, 0.25) is 0 Å². The molecule has 0 spiro atoms. The number of hydrogen-bond acceptors (Lipinski definition) is 3. The third-order valence-corrected chi connectivity index (χ3v) is 3.86. The molecular weight excluding hydrogens is 348 g/mol. The van der Waals surface area contributed by atoms with Crippen molar-refractivity contribution in [3.8, 4) is 0 Å². The molecule has 0 heterocycles. The van der Waals surface area contributed by atoms with Crippen molar-refractivity contribution in [2.45, 2.75) is 13.5 Å². The summed E-state index contributed by atoms with van der Waals surface area (Å²) >= 11 is 3.36. The monoisotopic (exact) mass is 362 g/mol. The van der Waals surface area contributed by atoms with Crippen LogP contribution in [0.3, 0.4) is 0 Å². The molecule has 0 saturated carbocycles. The van der Waals surface area contributed by atoms with E-state index in [1.54, 1.807) is 26.1 Å². The first-order chi connectivity index (χ1) is 10.4. The van der Waals surface area contributed by atoms with E-state index in [4.69, 9.17) is 0 Å². The lowest BCUT2D eigenvalue weighted by Gasteiger charge is -2.17. The van der Waals surface area contributed by atoms with Crippen LogP contribution in [0.4, 0.5) is 5.69 Å². The van der Waals surface area contributed by atoms with Crippen LogP contribution in [0.1, 0.15) is 21.5 Å². The van der Waals surface area contributed by atoms with Crippen LogP contribution in [0.15, 0.2) is 46.9 Å². The number of carbonyl (C=O) groups excluding carboxylic acids is 1. The molecule has 6 heteroatoms. The number of benzene rings is 2. The highest BCUT2D eigenvalue weighted by Crippen LogP contribution is 2.24. The zero-order chi connectivity index (χ0) is 16.3. The summed E-state index contributed by atoms with van der Waals surface area (Å²) in [6, 6.07) is 12.4. The second-order valence-corrected chi connectivity index (χ2v) is 5.93. The maximum Gasteiger partial charge on any atom is 0.285 e. The van der Waals surface area contributed by atoms with E-state index in [-0.39, 0.29) is 17.2 Å². The van der Waals surface area contributed by atoms with Gasteiger partial charge in [-0.1, -0.05) is 40.2 Å². The first-order valence-corrected chi connectivity index (χ1v) is 7.43. The summed E-state index contributed by atoms with van der Waals surface area (Å²) in [5.74, 6) is -0.363. The van der Waals surface area contributed by atoms with Gasteiger partial charge in [0.25, 0.3) is 11.6 Å². The summed E-state index contributed by atoms with van der Waals surface area (Å²) in [7, 11) is 1.64. The molecule has 0 aliphatic carbocycles. The van der Waals surface area contributed by atoms with Gasteiger partial charge in [-0.25, -0.2) is 0 Å². The van der Waals surface area contributed by atoms with Crippen molar-refractivity contribution in [3.63, 3.8) is 0 Å². The SMILES string of the molecule is Cc1cccc(C(=O)N(C)Cc2ccc(Br)cc2)c1[N+](=O)[O-]. The van der Waals surface area contributed by atoms with E-state index >= 15 is 0 Å². The van der Waals surface area contributed by atoms with Crippen molar-refractivity contribution in [1.29, 1.82) is 0 Å². The van der Waals surface area contributed by atoms with Crippen LogP contribution < -0.4 is 0 Å². The molecule has 0 atom stereocenters. The van der Waals surface area contributed by atoms with Gasteiger partial charge in [0.1, 0.15) is 5.56 Å². The van der Waals surface area contributed by atoms with Crippen LogP contribution in [-0.2, 0) is 6.54 Å². The van der Waals surface area contributed by atoms with Crippen LogP contribution >= 0.6 is 15.9 Å². The number of amides is 1. The third kappa shape index (κ3) is 3.51. The summed E-state index contributed by atoms with van der Waals surface area (Å²) in [6.07, 6.45) is 0. The Hall–Kier alpha value is -2.21. The van der Waals surface area contributed by atoms with Crippen LogP contribution in [0.5, 0.6) is 0 Å². The van der Waals surface area contributed by atoms with Crippen molar-refractivity contribution in [1.82, 2.24) is 4.90 Å². The second kappa shape index (κ2) is 6.70. The molecular formula is C16H15BrN2O3. The van der Waals surface area contributed by atoms with E-state index in [2.05, 4.69) is 15.9 Å². The summed E-state index contributed by atoms with van der Waals surface area (Å²) < 4.78 is 0.958. The van der Waals surface area contributed by atoms with E-state index in [0.29, 0.717) is 12.1 Å². The Morgan fingerprint density at radius 3 is 2.45 bits per heavy atom. The number of rotatable bonds is 4. The van der Waals surface area contributed by atoms with Crippen molar-refractivity contribution >= 4 is 27.5 Å². The number of hydrogen-bond donors (Lipinski definition) is 0. The minimum absolute atomic E-state index is 0.115. The number of aryl methyl sites for hydroxylation is 1. The molecule has 0 aliphatic heterocycles. The van der Waals surface area contributed by atoms with Gasteiger partial charge < -0.3 is 4.90 Å². The van der Waals surface area contributed by atoms with E-state index < -0.39 is 4.92 Å². The predicted octanol–water partition coefficient (Wildman–Crippen LogP) is 3.94. The molecule has 2 aromatic rings. The molecule has 0 unspecified atom stereocenters. The average molecular weight is 363 g/mol. The Morgan fingerprint density at radius 2 is 1.86 bits per heavy atom. The summed E-state index contributed by atoms with van der Waals surface area (Å²) in [5, 5.41) is 11.2. The van der Waals surface area contributed by atoms with Gasteiger partial charge >= 0.3 is 0 Å². The zero-order valence-corrected chi connectivity index (χ0v) is 13.8. The molecule has 0 bridgehead atoms. The van der Waals surface area contributed by atoms with Crippen LogP contribution in [-0.4, -0.2) is 22.8 Å². The van der Waals surface area contributed by atoms with Crippen molar-refractivity contribution in [2.75, 3.05) is 7.05 Å². The molecule has 5 nitrogen and oxygen atoms in total. The van der Waals surface area contributed by atoms with E-state index in [1.807, 2.05) is 24.3 Å². The molecule has 114 valence electrons. The Balaban J connectivity index is 2.26. The standard InChI is InChI=1S/C16H15BrN2O3/c1-11-4-3-5-14(15(11)19(21)22)16(20)18(2)10-12-6-8-13(17)9-7-12/h3-9H,10H2,1-2H3. The number of nitro benzene ring substituents is 1. The second-order valence-electron chi connectivity index (χ2n) is 5.02. The molecule has 2 rings (SSSR count). The number of para-hydroxylation sites is 1. The number of halogens is 1. The van der Waals surface area contributed by atoms with Crippen LogP contribution in [0.25, 0.3) is 0 Å². The molecule has 0 fully saturated rings. The van der Waals surface area contributed by atoms with Gasteiger partial charge in [-0.2, -0.15) is 0 Å². The smallest absolute Gasteiger partial charge is 0.285 e. The fourth-order valence-electron chi connectivity index (χ4n) is 2.21. The molecule has 1 amide bonds. The van der Waals surface area contributed by atoms with Crippen molar-refractivity contribution in [2.24, 2.45) is 0 Å². The first kappa shape index (κ1) is 16.2. The minimum Gasteiger partial charge on any atom is -0.337 e. The predicted molar refractivity (Wildman–Crippen MR) is 87.8 cm³/mol. The number of nitro groups is 1. The van der Waals surface area contributed by atoms with E-state index in [9.17, 15) is 14.9 Å². The van der Waals surface area contributed by atoms with Gasteiger partial charge in [-0.3, -0.25) is 14.9 Å². The molecule has 0 N–H and O–H groups in total. The number of nitrogens with zero attached hydrogens (tertiary/aromatic N) is 2. The average Bonchev–Trinajstić information content (AvgIpc) is 2.48. The lowest BCUT2D eigenvalue weighted by atomic mass is 10.1. The van der Waals surface area contributed by atoms with Crippen LogP contribution in [0.2, 0.25) is 0 Å². The lowest BCUT2D eigenvalue weighted by molar-refractivity contribution is -0.385. The Bertz CT molecular complexity index is 714. The molecule has 2 aromatic carbocycles. The summed E-state index contributed by atoms with van der Waals surface area (Å²) in [6.45, 7) is 2.01. The quantitative estimate of drug-likeness (QED) is 0.611. The van der Waals surface area contributed by atoms with Gasteiger partial charge in [0.15, 0.2) is 0 Å². The van der Waals surface area contributed by atoms with Gasteiger partial charge in [-0.15, -0.1) is 0 Å². The fourth-order valence-corrected chi connectivity index (χ4v) is 2.48. The highest BCUT2D eigenvalue weighted by molar-refractivity contribution is 9.10. The van der Waals surface area contributed by atoms with Gasteiger partial charge in [0, 0.05) is 23.6 Å². The maximum atomic E-state index is 12.5. The summed E-state index contributed by atoms with van der Waals surface area (Å²) in [5.41, 5.74) is 1.42. The molecule has 0 aromatic heterocycles. The van der Waals surface area contributed by atoms with Crippen molar-refractivity contribution < 1.29 is 9.72 Å².